The SMILES string of the molecule is Cc1cc(-c2ccccc2)cc(C)c1N(c1cccc(-c2[c-]c3ccccc3c3c(C)c(C)sc23)n1)c1cc2ccccc2c(-c2[c-]cccc2)n1.[Pt+2]. The van der Waals surface area contributed by atoms with Gasteiger partial charge in [0.2, 0.25) is 0 Å². The van der Waals surface area contributed by atoms with Crippen molar-refractivity contribution in [2.24, 2.45) is 0 Å². The summed E-state index contributed by atoms with van der Waals surface area (Å²) in [4.78, 5) is 14.5. The summed E-state index contributed by atoms with van der Waals surface area (Å²) in [6.45, 7) is 8.82. The van der Waals surface area contributed by atoms with E-state index in [-0.39, 0.29) is 21.1 Å². The molecule has 3 aromatic heterocycles. The molecule has 0 spiro atoms. The molecule has 53 heavy (non-hydrogen) atoms. The van der Waals surface area contributed by atoms with Crippen molar-refractivity contribution in [3.63, 3.8) is 0 Å². The van der Waals surface area contributed by atoms with E-state index < -0.39 is 0 Å². The number of aryl methyl sites for hydroxylation is 4. The third-order valence-electron chi connectivity index (χ3n) is 10.0. The largest absolute Gasteiger partial charge is 2.00 e. The summed E-state index contributed by atoms with van der Waals surface area (Å²) in [7, 11) is 0. The summed E-state index contributed by atoms with van der Waals surface area (Å²) in [5.74, 6) is 1.59. The Bertz CT molecular complexity index is 2770. The van der Waals surface area contributed by atoms with Gasteiger partial charge >= 0.3 is 21.1 Å². The second-order valence-electron chi connectivity index (χ2n) is 13.4. The van der Waals surface area contributed by atoms with Gasteiger partial charge in [-0.2, -0.15) is 11.3 Å². The molecule has 0 bridgehead atoms. The second-order valence-corrected chi connectivity index (χ2v) is 14.6. The number of benzene rings is 6. The normalized spacial score (nSPS) is 11.2. The minimum atomic E-state index is 0. The molecule has 0 aliphatic rings. The van der Waals surface area contributed by atoms with Crippen LogP contribution >= 0.6 is 11.3 Å². The minimum Gasteiger partial charge on any atom is -0.280 e. The molecule has 0 aliphatic heterocycles. The third kappa shape index (κ3) is 6.16. The molecule has 3 heterocycles. The molecular formula is C48H35N3PtS. The number of thiophene rings is 1. The van der Waals surface area contributed by atoms with E-state index in [1.54, 1.807) is 0 Å². The van der Waals surface area contributed by atoms with Crippen molar-refractivity contribution >= 4 is 60.3 Å². The Hall–Kier alpha value is -5.41. The Labute approximate surface area is 328 Å². The number of hydrogen-bond acceptors (Lipinski definition) is 4. The van der Waals surface area contributed by atoms with E-state index in [2.05, 4.69) is 166 Å². The summed E-state index contributed by atoms with van der Waals surface area (Å²) in [6.07, 6.45) is 0. The summed E-state index contributed by atoms with van der Waals surface area (Å²) in [5.41, 5.74) is 10.8. The first-order valence-electron chi connectivity index (χ1n) is 17.6. The van der Waals surface area contributed by atoms with Crippen molar-refractivity contribution in [2.45, 2.75) is 27.7 Å². The minimum absolute atomic E-state index is 0. The summed E-state index contributed by atoms with van der Waals surface area (Å²) in [5, 5.41) is 5.81. The Morgan fingerprint density at radius 1 is 0.623 bits per heavy atom. The molecule has 6 aromatic carbocycles. The molecular weight excluding hydrogens is 846 g/mol. The quantitative estimate of drug-likeness (QED) is 0.156. The molecule has 3 nitrogen and oxygen atoms in total. The van der Waals surface area contributed by atoms with Crippen molar-refractivity contribution in [3.8, 4) is 33.6 Å². The van der Waals surface area contributed by atoms with Crippen LogP contribution in [0.3, 0.4) is 0 Å². The van der Waals surface area contributed by atoms with Crippen LogP contribution in [0.15, 0.2) is 140 Å². The standard InChI is InChI=1S/C48H35N3S.Pt/c1-30-26-38(34-16-7-5-8-17-34)27-31(2)47(30)51(44-29-37-21-12-14-23-40(37)46(50-44)35-18-9-6-10-19-35)43-25-15-24-42(49-43)41-28-36-20-11-13-22-39(36)45-32(3)33(4)52-48(41)45;/h5-18,20-27,29H,1-4H3;/q-2;+2. The average Bonchev–Trinajstić information content (AvgIpc) is 3.49. The van der Waals surface area contributed by atoms with E-state index in [9.17, 15) is 0 Å². The van der Waals surface area contributed by atoms with Gasteiger partial charge in [-0.3, -0.25) is 14.9 Å². The molecule has 0 radical (unpaired) electrons. The maximum atomic E-state index is 5.49. The predicted octanol–water partition coefficient (Wildman–Crippen LogP) is 13.3. The number of hydrogen-bond donors (Lipinski definition) is 0. The van der Waals surface area contributed by atoms with Crippen LogP contribution in [-0.4, -0.2) is 9.97 Å². The topological polar surface area (TPSA) is 29.0 Å². The molecule has 0 N–H and O–H groups in total. The first-order valence-corrected chi connectivity index (χ1v) is 18.4. The average molecular weight is 881 g/mol. The number of aromatic nitrogens is 2. The third-order valence-corrected chi connectivity index (χ3v) is 11.3. The zero-order chi connectivity index (χ0) is 35.3. The zero-order valence-corrected chi connectivity index (χ0v) is 32.9. The molecule has 9 rings (SSSR count). The molecule has 0 atom stereocenters. The molecule has 9 aromatic rings. The van der Waals surface area contributed by atoms with Crippen molar-refractivity contribution < 1.29 is 21.1 Å². The van der Waals surface area contributed by atoms with E-state index >= 15 is 0 Å². The van der Waals surface area contributed by atoms with E-state index in [4.69, 9.17) is 9.97 Å². The Kier molecular flexibility index (Phi) is 9.28. The van der Waals surface area contributed by atoms with Gasteiger partial charge < -0.3 is 0 Å². The first-order chi connectivity index (χ1) is 25.4. The van der Waals surface area contributed by atoms with E-state index in [1.165, 1.54) is 37.0 Å². The van der Waals surface area contributed by atoms with Crippen LogP contribution in [0, 0.1) is 39.8 Å². The summed E-state index contributed by atoms with van der Waals surface area (Å²) >= 11 is 1.83. The number of fused-ring (bicyclic) bond motifs is 4. The van der Waals surface area contributed by atoms with Crippen LogP contribution in [0.1, 0.15) is 21.6 Å². The molecule has 0 saturated heterocycles. The van der Waals surface area contributed by atoms with Crippen LogP contribution < -0.4 is 4.90 Å². The van der Waals surface area contributed by atoms with Crippen LogP contribution in [-0.2, 0) is 21.1 Å². The molecule has 0 amide bonds. The Morgan fingerprint density at radius 3 is 2.11 bits per heavy atom. The molecule has 0 saturated carbocycles. The maximum Gasteiger partial charge on any atom is 2.00 e. The van der Waals surface area contributed by atoms with Gasteiger partial charge in [-0.1, -0.05) is 101 Å². The van der Waals surface area contributed by atoms with Crippen molar-refractivity contribution in [2.75, 3.05) is 4.90 Å². The number of pyridine rings is 2. The van der Waals surface area contributed by atoms with Crippen molar-refractivity contribution in [1.29, 1.82) is 0 Å². The van der Waals surface area contributed by atoms with Gasteiger partial charge in [0.05, 0.1) is 5.69 Å². The van der Waals surface area contributed by atoms with Crippen LogP contribution in [0.4, 0.5) is 17.3 Å². The summed E-state index contributed by atoms with van der Waals surface area (Å²) < 4.78 is 1.22. The van der Waals surface area contributed by atoms with Gasteiger partial charge in [0, 0.05) is 5.69 Å². The van der Waals surface area contributed by atoms with Gasteiger partial charge in [-0.15, -0.1) is 53.4 Å². The summed E-state index contributed by atoms with van der Waals surface area (Å²) in [6, 6.07) is 56.0. The fourth-order valence-electron chi connectivity index (χ4n) is 7.49. The van der Waals surface area contributed by atoms with E-state index in [1.807, 2.05) is 29.5 Å². The maximum absolute atomic E-state index is 5.49. The smallest absolute Gasteiger partial charge is 0.280 e. The zero-order valence-electron chi connectivity index (χ0n) is 29.8. The van der Waals surface area contributed by atoms with Gasteiger partial charge in [0.15, 0.2) is 0 Å². The fraction of sp³-hybridized carbons (Fsp3) is 0.0833. The Balaban J connectivity index is 0.00000400. The van der Waals surface area contributed by atoms with E-state index in [0.29, 0.717) is 0 Å². The van der Waals surface area contributed by atoms with Gasteiger partial charge in [-0.05, 0) is 106 Å². The Morgan fingerprint density at radius 2 is 1.34 bits per heavy atom. The number of nitrogens with zero attached hydrogens (tertiary/aromatic N) is 3. The monoisotopic (exact) mass is 880 g/mol. The van der Waals surface area contributed by atoms with Crippen LogP contribution in [0.2, 0.25) is 0 Å². The second kappa shape index (κ2) is 14.2. The van der Waals surface area contributed by atoms with E-state index in [0.717, 1.165) is 67.1 Å². The number of rotatable bonds is 6. The van der Waals surface area contributed by atoms with Crippen LogP contribution in [0.25, 0.3) is 65.3 Å². The van der Waals surface area contributed by atoms with Crippen molar-refractivity contribution in [1.82, 2.24) is 9.97 Å². The molecule has 0 unspecified atom stereocenters. The van der Waals surface area contributed by atoms with Gasteiger partial charge in [0.1, 0.15) is 11.6 Å². The fourth-order valence-corrected chi connectivity index (χ4v) is 8.68. The van der Waals surface area contributed by atoms with Gasteiger partial charge in [-0.25, -0.2) is 0 Å². The molecule has 0 aliphatic carbocycles. The van der Waals surface area contributed by atoms with Crippen LogP contribution in [0.5, 0.6) is 0 Å². The molecule has 0 fully saturated rings. The molecule has 5 heteroatoms. The predicted molar refractivity (Wildman–Crippen MR) is 220 cm³/mol. The number of anilines is 3. The van der Waals surface area contributed by atoms with Crippen molar-refractivity contribution in [3.05, 3.63) is 173 Å². The van der Waals surface area contributed by atoms with Gasteiger partial charge in [0.25, 0.3) is 0 Å². The first kappa shape index (κ1) is 34.7. The molecule has 258 valence electrons.